The van der Waals surface area contributed by atoms with Crippen molar-refractivity contribution in [3.63, 3.8) is 0 Å². The highest BCUT2D eigenvalue weighted by molar-refractivity contribution is 5.82. The maximum Gasteiger partial charge on any atom is 0.325 e. The van der Waals surface area contributed by atoms with E-state index >= 15 is 0 Å². The molecule has 0 saturated carbocycles. The van der Waals surface area contributed by atoms with Gasteiger partial charge in [0.25, 0.3) is 0 Å². The van der Waals surface area contributed by atoms with E-state index in [2.05, 4.69) is 15.6 Å². The summed E-state index contributed by atoms with van der Waals surface area (Å²) >= 11 is 0. The molecule has 2 unspecified atom stereocenters. The first kappa shape index (κ1) is 13.0. The molecule has 2 amide bonds. The lowest BCUT2D eigenvalue weighted by molar-refractivity contribution is -0.138. The number of hydrogen-bond donors (Lipinski definition) is 3. The summed E-state index contributed by atoms with van der Waals surface area (Å²) in [4.78, 5) is 25.9. The van der Waals surface area contributed by atoms with Crippen LogP contribution in [0.25, 0.3) is 0 Å². The van der Waals surface area contributed by atoms with Gasteiger partial charge in [-0.25, -0.2) is 9.78 Å². The van der Waals surface area contributed by atoms with E-state index in [1.54, 1.807) is 20.0 Å². The minimum Gasteiger partial charge on any atom is -0.480 e. The zero-order valence-corrected chi connectivity index (χ0v) is 9.85. The quantitative estimate of drug-likeness (QED) is 0.723. The van der Waals surface area contributed by atoms with Crippen molar-refractivity contribution in [2.45, 2.75) is 32.9 Å². The van der Waals surface area contributed by atoms with Crippen LogP contribution in [-0.4, -0.2) is 28.1 Å². The number of nitrogens with one attached hydrogen (secondary N) is 2. The molecule has 7 nitrogen and oxygen atoms in total. The van der Waals surface area contributed by atoms with Gasteiger partial charge in [-0.3, -0.25) is 4.79 Å². The maximum absolute atomic E-state index is 11.4. The Morgan fingerprint density at radius 1 is 1.41 bits per heavy atom. The van der Waals surface area contributed by atoms with Crippen LogP contribution in [0.15, 0.2) is 10.6 Å². The Morgan fingerprint density at radius 2 is 2.06 bits per heavy atom. The van der Waals surface area contributed by atoms with E-state index in [0.717, 1.165) is 0 Å². The van der Waals surface area contributed by atoms with Gasteiger partial charge >= 0.3 is 12.0 Å². The van der Waals surface area contributed by atoms with Gasteiger partial charge in [0.15, 0.2) is 0 Å². The van der Waals surface area contributed by atoms with Crippen molar-refractivity contribution >= 4 is 12.0 Å². The molecule has 7 heteroatoms. The average molecular weight is 241 g/mol. The molecule has 0 bridgehead atoms. The summed E-state index contributed by atoms with van der Waals surface area (Å²) in [5.41, 5.74) is 0. The Labute approximate surface area is 98.2 Å². The molecule has 0 aliphatic carbocycles. The fourth-order valence-corrected chi connectivity index (χ4v) is 1.13. The first-order valence-corrected chi connectivity index (χ1v) is 5.12. The predicted octanol–water partition coefficient (Wildman–Crippen LogP) is 0.816. The molecule has 2 atom stereocenters. The summed E-state index contributed by atoms with van der Waals surface area (Å²) in [6.07, 6.45) is 1.55. The molecule has 17 heavy (non-hydrogen) atoms. The van der Waals surface area contributed by atoms with E-state index < -0.39 is 24.1 Å². The standard InChI is InChI=1S/C10H15N3O4/c1-5-4-11-8(17-5)6(2)12-10(16)13-7(3)9(14)15/h4,6-7H,1-3H3,(H,14,15)(H2,12,13,16). The molecule has 0 fully saturated rings. The minimum absolute atomic E-state index is 0.376. The SMILES string of the molecule is Cc1cnc(C(C)NC(=O)NC(C)C(=O)O)o1. The van der Waals surface area contributed by atoms with Crippen molar-refractivity contribution in [2.75, 3.05) is 0 Å². The highest BCUT2D eigenvalue weighted by Gasteiger charge is 2.17. The largest absolute Gasteiger partial charge is 0.480 e. The van der Waals surface area contributed by atoms with E-state index in [0.29, 0.717) is 11.7 Å². The second-order valence-corrected chi connectivity index (χ2v) is 3.71. The molecule has 0 radical (unpaired) electrons. The van der Waals surface area contributed by atoms with Crippen LogP contribution < -0.4 is 10.6 Å². The van der Waals surface area contributed by atoms with Crippen LogP contribution in [0.5, 0.6) is 0 Å². The third kappa shape index (κ3) is 3.78. The molecular formula is C10H15N3O4. The zero-order chi connectivity index (χ0) is 13.0. The third-order valence-corrected chi connectivity index (χ3v) is 2.08. The third-order valence-electron chi connectivity index (χ3n) is 2.08. The fraction of sp³-hybridized carbons (Fsp3) is 0.500. The Morgan fingerprint density at radius 3 is 2.53 bits per heavy atom. The zero-order valence-electron chi connectivity index (χ0n) is 9.85. The summed E-state index contributed by atoms with van der Waals surface area (Å²) in [6, 6.07) is -1.96. The molecule has 0 saturated heterocycles. The molecular weight excluding hydrogens is 226 g/mol. The highest BCUT2D eigenvalue weighted by atomic mass is 16.4. The molecule has 1 aromatic rings. The molecule has 94 valence electrons. The Hall–Kier alpha value is -2.05. The number of carboxylic acid groups (broad SMARTS) is 1. The number of aromatic nitrogens is 1. The number of aliphatic carboxylic acids is 1. The maximum atomic E-state index is 11.4. The van der Waals surface area contributed by atoms with Gasteiger partial charge in [-0.1, -0.05) is 0 Å². The first-order chi connectivity index (χ1) is 7.90. The number of carbonyl (C=O) groups is 2. The van der Waals surface area contributed by atoms with Crippen LogP contribution in [0.4, 0.5) is 4.79 Å². The molecule has 1 aromatic heterocycles. The normalized spacial score (nSPS) is 13.8. The fourth-order valence-electron chi connectivity index (χ4n) is 1.13. The summed E-state index contributed by atoms with van der Waals surface area (Å²) in [7, 11) is 0. The molecule has 1 rings (SSSR count). The molecule has 1 heterocycles. The van der Waals surface area contributed by atoms with Crippen LogP contribution in [0.1, 0.15) is 31.5 Å². The summed E-state index contributed by atoms with van der Waals surface area (Å²) in [5.74, 6) is -0.0756. The summed E-state index contributed by atoms with van der Waals surface area (Å²) < 4.78 is 5.23. The molecule has 0 spiro atoms. The molecule has 0 aliphatic heterocycles. The van der Waals surface area contributed by atoms with Gasteiger partial charge in [0.05, 0.1) is 6.20 Å². The van der Waals surface area contributed by atoms with E-state index in [-0.39, 0.29) is 0 Å². The number of carbonyl (C=O) groups excluding carboxylic acids is 1. The van der Waals surface area contributed by atoms with Gasteiger partial charge in [0, 0.05) is 0 Å². The second-order valence-electron chi connectivity index (χ2n) is 3.71. The number of amides is 2. The van der Waals surface area contributed by atoms with Gasteiger partial charge in [-0.15, -0.1) is 0 Å². The van der Waals surface area contributed by atoms with E-state index in [1.165, 1.54) is 6.92 Å². The minimum atomic E-state index is -1.10. The Balaban J connectivity index is 2.49. The Bertz CT molecular complexity index is 415. The van der Waals surface area contributed by atoms with Gasteiger partial charge in [0.2, 0.25) is 5.89 Å². The van der Waals surface area contributed by atoms with Crippen LogP contribution in [0.3, 0.4) is 0 Å². The van der Waals surface area contributed by atoms with Gasteiger partial charge < -0.3 is 20.2 Å². The molecule has 3 N–H and O–H groups in total. The van der Waals surface area contributed by atoms with Crippen molar-refractivity contribution in [2.24, 2.45) is 0 Å². The predicted molar refractivity (Wildman–Crippen MR) is 58.4 cm³/mol. The van der Waals surface area contributed by atoms with Gasteiger partial charge in [-0.05, 0) is 20.8 Å². The monoisotopic (exact) mass is 241 g/mol. The molecule has 0 aliphatic rings. The summed E-state index contributed by atoms with van der Waals surface area (Å²) in [6.45, 7) is 4.81. The second kappa shape index (κ2) is 5.33. The number of aryl methyl sites for hydroxylation is 1. The number of rotatable bonds is 4. The number of urea groups is 1. The lowest BCUT2D eigenvalue weighted by Crippen LogP contribution is -2.45. The lowest BCUT2D eigenvalue weighted by atomic mass is 10.3. The number of nitrogens with zero attached hydrogens (tertiary/aromatic N) is 1. The summed E-state index contributed by atoms with van der Waals surface area (Å²) in [5, 5.41) is 13.4. The topological polar surface area (TPSA) is 104 Å². The van der Waals surface area contributed by atoms with Crippen LogP contribution in [0, 0.1) is 6.92 Å². The van der Waals surface area contributed by atoms with Crippen LogP contribution in [0.2, 0.25) is 0 Å². The van der Waals surface area contributed by atoms with Crippen molar-refractivity contribution < 1.29 is 19.1 Å². The number of hydrogen-bond acceptors (Lipinski definition) is 4. The van der Waals surface area contributed by atoms with Crippen molar-refractivity contribution in [1.29, 1.82) is 0 Å². The highest BCUT2D eigenvalue weighted by Crippen LogP contribution is 2.11. The van der Waals surface area contributed by atoms with Crippen molar-refractivity contribution in [1.82, 2.24) is 15.6 Å². The molecule has 0 aromatic carbocycles. The van der Waals surface area contributed by atoms with E-state index in [1.807, 2.05) is 0 Å². The number of carboxylic acids is 1. The Kier molecular flexibility index (Phi) is 4.08. The van der Waals surface area contributed by atoms with E-state index in [4.69, 9.17) is 9.52 Å². The number of oxazole rings is 1. The van der Waals surface area contributed by atoms with E-state index in [9.17, 15) is 9.59 Å². The smallest absolute Gasteiger partial charge is 0.325 e. The first-order valence-electron chi connectivity index (χ1n) is 5.12. The van der Waals surface area contributed by atoms with Gasteiger partial charge in [-0.2, -0.15) is 0 Å². The average Bonchev–Trinajstić information content (AvgIpc) is 2.64. The van der Waals surface area contributed by atoms with Crippen molar-refractivity contribution in [3.8, 4) is 0 Å². The van der Waals surface area contributed by atoms with Crippen molar-refractivity contribution in [3.05, 3.63) is 17.8 Å². The lowest BCUT2D eigenvalue weighted by Gasteiger charge is -2.13. The van der Waals surface area contributed by atoms with Crippen LogP contribution in [-0.2, 0) is 4.79 Å². The van der Waals surface area contributed by atoms with Gasteiger partial charge in [0.1, 0.15) is 17.8 Å². The van der Waals surface area contributed by atoms with Crippen LogP contribution >= 0.6 is 0 Å².